The third-order valence-electron chi connectivity index (χ3n) is 4.44. The molecule has 0 saturated carbocycles. The lowest BCUT2D eigenvalue weighted by Crippen LogP contribution is -2.28. The fourth-order valence-corrected chi connectivity index (χ4v) is 2.93. The van der Waals surface area contributed by atoms with Gasteiger partial charge >= 0.3 is 0 Å². The van der Waals surface area contributed by atoms with E-state index in [1.165, 1.54) is 12.7 Å². The van der Waals surface area contributed by atoms with Crippen molar-refractivity contribution in [3.8, 4) is 5.75 Å². The lowest BCUT2D eigenvalue weighted by molar-refractivity contribution is -0.120. The van der Waals surface area contributed by atoms with Crippen LogP contribution in [0.1, 0.15) is 30.4 Å². The Morgan fingerprint density at radius 1 is 1.19 bits per heavy atom. The number of hydrogen-bond donors (Lipinski definition) is 0. The summed E-state index contributed by atoms with van der Waals surface area (Å²) in [5, 5.41) is 8.34. The average molecular weight is 351 g/mol. The van der Waals surface area contributed by atoms with E-state index in [1.807, 2.05) is 38.1 Å². The van der Waals surface area contributed by atoms with Crippen molar-refractivity contribution >= 4 is 16.7 Å². The predicted molar refractivity (Wildman–Crippen MR) is 99.6 cm³/mol. The van der Waals surface area contributed by atoms with Gasteiger partial charge in [-0.05, 0) is 30.5 Å². The second-order valence-corrected chi connectivity index (χ2v) is 6.46. The highest BCUT2D eigenvalue weighted by atomic mass is 16.5. The molecule has 6 nitrogen and oxygen atoms in total. The van der Waals surface area contributed by atoms with Crippen LogP contribution in [0.3, 0.4) is 0 Å². The maximum Gasteiger partial charge on any atom is 0.278 e. The molecule has 134 valence electrons. The first-order valence-corrected chi connectivity index (χ1v) is 8.48. The SMILES string of the molecule is COc1cccc2c(=O)n(CC(=O)C[C@@H](C)c3ccc(C)cc3)nnc12. The molecule has 26 heavy (non-hydrogen) atoms. The highest BCUT2D eigenvalue weighted by Crippen LogP contribution is 2.21. The fraction of sp³-hybridized carbons (Fsp3) is 0.300. The van der Waals surface area contributed by atoms with E-state index in [0.29, 0.717) is 23.1 Å². The van der Waals surface area contributed by atoms with Crippen molar-refractivity contribution in [2.24, 2.45) is 0 Å². The predicted octanol–water partition coefficient (Wildman–Crippen LogP) is 2.87. The molecule has 3 aromatic rings. The minimum atomic E-state index is -0.342. The summed E-state index contributed by atoms with van der Waals surface area (Å²) in [4.78, 5) is 25.0. The number of aryl methyl sites for hydroxylation is 1. The van der Waals surface area contributed by atoms with E-state index in [-0.39, 0.29) is 23.8 Å². The van der Waals surface area contributed by atoms with E-state index < -0.39 is 0 Å². The topological polar surface area (TPSA) is 74.1 Å². The van der Waals surface area contributed by atoms with E-state index in [9.17, 15) is 9.59 Å². The van der Waals surface area contributed by atoms with Crippen molar-refractivity contribution in [3.63, 3.8) is 0 Å². The maximum absolute atomic E-state index is 12.6. The van der Waals surface area contributed by atoms with Crippen LogP contribution >= 0.6 is 0 Å². The molecule has 1 aromatic heterocycles. The van der Waals surface area contributed by atoms with Gasteiger partial charge in [0.1, 0.15) is 17.8 Å². The lowest BCUT2D eigenvalue weighted by atomic mass is 9.95. The molecule has 6 heteroatoms. The Balaban J connectivity index is 1.78. The van der Waals surface area contributed by atoms with Crippen molar-refractivity contribution in [2.45, 2.75) is 32.7 Å². The number of carbonyl (C=O) groups excluding carboxylic acids is 1. The van der Waals surface area contributed by atoms with Crippen LogP contribution in [0.25, 0.3) is 10.9 Å². The molecular formula is C20H21N3O3. The van der Waals surface area contributed by atoms with Gasteiger partial charge in [-0.2, -0.15) is 0 Å². The average Bonchev–Trinajstić information content (AvgIpc) is 2.64. The van der Waals surface area contributed by atoms with Crippen molar-refractivity contribution in [1.29, 1.82) is 0 Å². The van der Waals surface area contributed by atoms with E-state index in [2.05, 4.69) is 10.3 Å². The Hall–Kier alpha value is -3.02. The summed E-state index contributed by atoms with van der Waals surface area (Å²) in [5.74, 6) is 0.502. The van der Waals surface area contributed by atoms with Crippen LogP contribution in [0, 0.1) is 6.92 Å². The molecule has 1 heterocycles. The number of methoxy groups -OCH3 is 1. The van der Waals surface area contributed by atoms with Gasteiger partial charge in [0, 0.05) is 6.42 Å². The summed E-state index contributed by atoms with van der Waals surface area (Å²) in [5.41, 5.74) is 2.34. The molecule has 0 unspecified atom stereocenters. The second-order valence-electron chi connectivity index (χ2n) is 6.46. The number of carbonyl (C=O) groups is 1. The van der Waals surface area contributed by atoms with Crippen LogP contribution in [-0.4, -0.2) is 27.9 Å². The zero-order valence-corrected chi connectivity index (χ0v) is 15.1. The quantitative estimate of drug-likeness (QED) is 0.683. The van der Waals surface area contributed by atoms with E-state index >= 15 is 0 Å². The smallest absolute Gasteiger partial charge is 0.278 e. The Labute approximate surface area is 151 Å². The first-order valence-electron chi connectivity index (χ1n) is 8.48. The summed E-state index contributed by atoms with van der Waals surface area (Å²) in [6, 6.07) is 13.2. The van der Waals surface area contributed by atoms with Gasteiger partial charge in [0.2, 0.25) is 0 Å². The molecule has 3 rings (SSSR count). The molecular weight excluding hydrogens is 330 g/mol. The second kappa shape index (κ2) is 7.47. The van der Waals surface area contributed by atoms with Crippen LogP contribution in [0.15, 0.2) is 47.3 Å². The third kappa shape index (κ3) is 3.64. The normalized spacial score (nSPS) is 12.1. The van der Waals surface area contributed by atoms with Gasteiger partial charge < -0.3 is 4.74 Å². The maximum atomic E-state index is 12.6. The first kappa shape index (κ1) is 17.8. The third-order valence-corrected chi connectivity index (χ3v) is 4.44. The molecule has 0 bridgehead atoms. The van der Waals surface area contributed by atoms with Gasteiger partial charge in [0.15, 0.2) is 5.78 Å². The highest BCUT2D eigenvalue weighted by molar-refractivity contribution is 5.83. The van der Waals surface area contributed by atoms with E-state index in [4.69, 9.17) is 4.74 Å². The Morgan fingerprint density at radius 2 is 1.92 bits per heavy atom. The molecule has 0 spiro atoms. The molecule has 0 fully saturated rings. The number of aromatic nitrogens is 3. The molecule has 0 N–H and O–H groups in total. The molecule has 0 aliphatic carbocycles. The molecule has 0 amide bonds. The minimum absolute atomic E-state index is 0.0586. The Kier molecular flexibility index (Phi) is 5.11. The lowest BCUT2D eigenvalue weighted by Gasteiger charge is -2.12. The van der Waals surface area contributed by atoms with Gasteiger partial charge in [-0.3, -0.25) is 9.59 Å². The largest absolute Gasteiger partial charge is 0.494 e. The Morgan fingerprint density at radius 3 is 2.62 bits per heavy atom. The van der Waals surface area contributed by atoms with Gasteiger partial charge in [-0.1, -0.05) is 48.0 Å². The summed E-state index contributed by atoms with van der Waals surface area (Å²) >= 11 is 0. The summed E-state index contributed by atoms with van der Waals surface area (Å²) in [6.07, 6.45) is 0.341. The van der Waals surface area contributed by atoms with Crippen molar-refractivity contribution < 1.29 is 9.53 Å². The van der Waals surface area contributed by atoms with E-state index in [0.717, 1.165) is 10.2 Å². The van der Waals surface area contributed by atoms with Gasteiger partial charge in [0.05, 0.1) is 12.5 Å². The number of ketones is 1. The first-order chi connectivity index (χ1) is 12.5. The molecule has 0 saturated heterocycles. The standard InChI is InChI=1S/C20H21N3O3/c1-13-7-9-15(10-8-13)14(2)11-16(24)12-23-20(25)17-5-4-6-18(26-3)19(17)21-22-23/h4-10,14H,11-12H2,1-3H3/t14-/m1/s1. The monoisotopic (exact) mass is 351 g/mol. The molecule has 2 aromatic carbocycles. The van der Waals surface area contributed by atoms with Gasteiger partial charge in [-0.15, -0.1) is 5.10 Å². The van der Waals surface area contributed by atoms with Crippen molar-refractivity contribution in [2.75, 3.05) is 7.11 Å². The zero-order valence-electron chi connectivity index (χ0n) is 15.1. The number of ether oxygens (including phenoxy) is 1. The van der Waals surface area contributed by atoms with Crippen LogP contribution in [0.5, 0.6) is 5.75 Å². The van der Waals surface area contributed by atoms with Crippen molar-refractivity contribution in [1.82, 2.24) is 15.0 Å². The number of fused-ring (bicyclic) bond motifs is 1. The number of nitrogens with zero attached hydrogens (tertiary/aromatic N) is 3. The van der Waals surface area contributed by atoms with Crippen LogP contribution < -0.4 is 10.3 Å². The van der Waals surface area contributed by atoms with Gasteiger partial charge in [-0.25, -0.2) is 4.68 Å². The molecule has 0 radical (unpaired) electrons. The fourth-order valence-electron chi connectivity index (χ4n) is 2.93. The number of hydrogen-bond acceptors (Lipinski definition) is 5. The number of Topliss-reactive ketones (excluding diaryl/α,β-unsaturated/α-hetero) is 1. The van der Waals surface area contributed by atoms with Crippen molar-refractivity contribution in [3.05, 3.63) is 63.9 Å². The van der Waals surface area contributed by atoms with Crippen LogP contribution in [-0.2, 0) is 11.3 Å². The van der Waals surface area contributed by atoms with Gasteiger partial charge in [0.25, 0.3) is 5.56 Å². The Bertz CT molecular complexity index is 993. The molecule has 0 aliphatic heterocycles. The highest BCUT2D eigenvalue weighted by Gasteiger charge is 2.15. The summed E-state index contributed by atoms with van der Waals surface area (Å²) < 4.78 is 6.31. The summed E-state index contributed by atoms with van der Waals surface area (Å²) in [6.45, 7) is 3.94. The summed E-state index contributed by atoms with van der Waals surface area (Å²) in [7, 11) is 1.51. The number of rotatable bonds is 6. The zero-order chi connectivity index (χ0) is 18.7. The van der Waals surface area contributed by atoms with E-state index in [1.54, 1.807) is 18.2 Å². The molecule has 0 aliphatic rings. The minimum Gasteiger partial charge on any atom is -0.494 e. The molecule has 1 atom stereocenters. The van der Waals surface area contributed by atoms with Crippen LogP contribution in [0.2, 0.25) is 0 Å². The van der Waals surface area contributed by atoms with Crippen LogP contribution in [0.4, 0.5) is 0 Å². The number of benzene rings is 2.